The van der Waals surface area contributed by atoms with Crippen LogP contribution in [-0.4, -0.2) is 15.0 Å². The van der Waals surface area contributed by atoms with Crippen LogP contribution >= 0.6 is 0 Å². The summed E-state index contributed by atoms with van der Waals surface area (Å²) in [6, 6.07) is 74.9. The molecule has 2 heterocycles. The zero-order valence-corrected chi connectivity index (χ0v) is 35.5. The van der Waals surface area contributed by atoms with Crippen LogP contribution in [0.2, 0.25) is 0 Å². The summed E-state index contributed by atoms with van der Waals surface area (Å²) in [5, 5.41) is 2.19. The van der Waals surface area contributed by atoms with E-state index in [9.17, 15) is 0 Å². The third kappa shape index (κ3) is 6.34. The molecule has 0 fully saturated rings. The standard InChI is InChI=1S/C60H41N3O/c1-60(2)51-28-13-12-25-48(51)55-50(27-15-29-52(55)60)59-62-57(40-21-10-5-11-22-40)61-58(63-59)46-35-44(39-19-8-4-9-20-39)34-45(36-46)42-31-32-49-54(37-42)64-53-30-16-26-47(56(49)53)43-24-14-23-41(33-43)38-17-6-3-7-18-38/h3-37H,1-2H3. The normalized spacial score (nSPS) is 12.7. The van der Waals surface area contributed by atoms with Gasteiger partial charge in [-0.3, -0.25) is 0 Å². The van der Waals surface area contributed by atoms with E-state index in [0.29, 0.717) is 17.5 Å². The highest BCUT2D eigenvalue weighted by Gasteiger charge is 2.37. The molecule has 0 unspecified atom stereocenters. The van der Waals surface area contributed by atoms with Crippen molar-refractivity contribution in [2.45, 2.75) is 19.3 Å². The molecule has 0 amide bonds. The number of rotatable bonds is 7. The van der Waals surface area contributed by atoms with Crippen molar-refractivity contribution in [1.82, 2.24) is 15.0 Å². The Morgan fingerprint density at radius 1 is 0.328 bits per heavy atom. The van der Waals surface area contributed by atoms with Crippen molar-refractivity contribution in [2.75, 3.05) is 0 Å². The summed E-state index contributed by atoms with van der Waals surface area (Å²) in [6.45, 7) is 4.61. The maximum Gasteiger partial charge on any atom is 0.164 e. The predicted molar refractivity (Wildman–Crippen MR) is 263 cm³/mol. The molecule has 12 rings (SSSR count). The molecule has 9 aromatic carbocycles. The number of hydrogen-bond acceptors (Lipinski definition) is 4. The second-order valence-corrected chi connectivity index (χ2v) is 17.2. The second-order valence-electron chi connectivity index (χ2n) is 17.2. The first-order valence-electron chi connectivity index (χ1n) is 21.8. The van der Waals surface area contributed by atoms with Gasteiger partial charge in [-0.05, 0) is 109 Å². The van der Waals surface area contributed by atoms with Crippen LogP contribution in [0, 0.1) is 0 Å². The summed E-state index contributed by atoms with van der Waals surface area (Å²) in [4.78, 5) is 15.8. The highest BCUT2D eigenvalue weighted by molar-refractivity contribution is 6.13. The van der Waals surface area contributed by atoms with Gasteiger partial charge in [0.2, 0.25) is 0 Å². The van der Waals surface area contributed by atoms with E-state index in [2.05, 4.69) is 208 Å². The number of nitrogens with zero attached hydrogens (tertiary/aromatic N) is 3. The van der Waals surface area contributed by atoms with Gasteiger partial charge in [-0.15, -0.1) is 0 Å². The molecule has 0 radical (unpaired) electrons. The van der Waals surface area contributed by atoms with E-state index in [0.717, 1.165) is 72.0 Å². The number of hydrogen-bond donors (Lipinski definition) is 0. The van der Waals surface area contributed by atoms with Gasteiger partial charge in [0.25, 0.3) is 0 Å². The number of fused-ring (bicyclic) bond motifs is 6. The predicted octanol–water partition coefficient (Wildman–Crippen LogP) is 15.7. The van der Waals surface area contributed by atoms with E-state index in [-0.39, 0.29) is 5.41 Å². The minimum atomic E-state index is -0.158. The zero-order chi connectivity index (χ0) is 42.8. The van der Waals surface area contributed by atoms with E-state index in [1.807, 2.05) is 18.2 Å². The quantitative estimate of drug-likeness (QED) is 0.161. The van der Waals surface area contributed by atoms with Crippen LogP contribution in [0.4, 0.5) is 0 Å². The summed E-state index contributed by atoms with van der Waals surface area (Å²) >= 11 is 0. The lowest BCUT2D eigenvalue weighted by Crippen LogP contribution is -2.14. The molecule has 4 heteroatoms. The average Bonchev–Trinajstić information content (AvgIpc) is 3.86. The van der Waals surface area contributed by atoms with E-state index in [1.165, 1.54) is 33.4 Å². The van der Waals surface area contributed by atoms with Crippen molar-refractivity contribution in [1.29, 1.82) is 0 Å². The first-order chi connectivity index (χ1) is 31.5. The highest BCUT2D eigenvalue weighted by Crippen LogP contribution is 2.52. The summed E-state index contributed by atoms with van der Waals surface area (Å²) in [5.74, 6) is 1.89. The number of benzene rings is 9. The fourth-order valence-electron chi connectivity index (χ4n) is 9.75. The molecule has 1 aliphatic rings. The van der Waals surface area contributed by atoms with Crippen LogP contribution in [0.15, 0.2) is 217 Å². The molecule has 2 aromatic heterocycles. The molecule has 0 saturated carbocycles. The van der Waals surface area contributed by atoms with Crippen LogP contribution in [0.1, 0.15) is 25.0 Å². The number of furan rings is 1. The molecule has 11 aromatic rings. The third-order valence-electron chi connectivity index (χ3n) is 12.9. The Balaban J connectivity index is 1.03. The lowest BCUT2D eigenvalue weighted by Gasteiger charge is -2.21. The van der Waals surface area contributed by atoms with Crippen LogP contribution < -0.4 is 0 Å². The molecule has 0 aliphatic heterocycles. The number of aromatic nitrogens is 3. The van der Waals surface area contributed by atoms with Crippen molar-refractivity contribution in [3.8, 4) is 89.8 Å². The van der Waals surface area contributed by atoms with Gasteiger partial charge in [0.05, 0.1) is 0 Å². The van der Waals surface area contributed by atoms with Crippen LogP contribution in [0.5, 0.6) is 0 Å². The minimum absolute atomic E-state index is 0.158. The van der Waals surface area contributed by atoms with Gasteiger partial charge in [0, 0.05) is 32.9 Å². The average molecular weight is 820 g/mol. The van der Waals surface area contributed by atoms with Crippen molar-refractivity contribution in [3.05, 3.63) is 223 Å². The van der Waals surface area contributed by atoms with Crippen molar-refractivity contribution in [3.63, 3.8) is 0 Å². The molecule has 0 bridgehead atoms. The Labute approximate surface area is 372 Å². The Hall–Kier alpha value is -8.21. The second kappa shape index (κ2) is 15.0. The van der Waals surface area contributed by atoms with Gasteiger partial charge in [0.1, 0.15) is 11.2 Å². The molecule has 0 saturated heterocycles. The molecule has 64 heavy (non-hydrogen) atoms. The van der Waals surface area contributed by atoms with Gasteiger partial charge in [0.15, 0.2) is 17.5 Å². The molecule has 0 atom stereocenters. The van der Waals surface area contributed by atoms with Gasteiger partial charge in [-0.25, -0.2) is 15.0 Å². The van der Waals surface area contributed by atoms with E-state index in [4.69, 9.17) is 19.4 Å². The zero-order valence-electron chi connectivity index (χ0n) is 35.5. The van der Waals surface area contributed by atoms with Crippen LogP contribution in [0.3, 0.4) is 0 Å². The lowest BCUT2D eigenvalue weighted by molar-refractivity contribution is 0.660. The Kier molecular flexibility index (Phi) is 8.80. The van der Waals surface area contributed by atoms with Crippen molar-refractivity contribution in [2.24, 2.45) is 0 Å². The van der Waals surface area contributed by atoms with Gasteiger partial charge < -0.3 is 4.42 Å². The topological polar surface area (TPSA) is 51.8 Å². The van der Waals surface area contributed by atoms with Gasteiger partial charge in [-0.2, -0.15) is 0 Å². The van der Waals surface area contributed by atoms with E-state index in [1.54, 1.807) is 0 Å². The van der Waals surface area contributed by atoms with E-state index < -0.39 is 0 Å². The van der Waals surface area contributed by atoms with Crippen LogP contribution in [0.25, 0.3) is 112 Å². The molecule has 4 nitrogen and oxygen atoms in total. The molecule has 0 N–H and O–H groups in total. The smallest absolute Gasteiger partial charge is 0.164 e. The largest absolute Gasteiger partial charge is 0.456 e. The van der Waals surface area contributed by atoms with E-state index >= 15 is 0 Å². The molecule has 0 spiro atoms. The Bertz CT molecular complexity index is 3570. The first-order valence-corrected chi connectivity index (χ1v) is 21.8. The lowest BCUT2D eigenvalue weighted by atomic mass is 9.82. The summed E-state index contributed by atoms with van der Waals surface area (Å²) < 4.78 is 6.69. The third-order valence-corrected chi connectivity index (χ3v) is 12.9. The molecular formula is C60H41N3O. The first kappa shape index (κ1) is 37.5. The Morgan fingerprint density at radius 3 is 1.59 bits per heavy atom. The molecule has 302 valence electrons. The monoisotopic (exact) mass is 819 g/mol. The minimum Gasteiger partial charge on any atom is -0.456 e. The SMILES string of the molecule is CC1(C)c2ccccc2-c2c(-c3nc(-c4ccccc4)nc(-c4cc(-c5ccccc5)cc(-c5ccc6c(c5)oc5cccc(-c7cccc(-c8ccccc8)c7)c56)c4)n3)cccc21. The summed E-state index contributed by atoms with van der Waals surface area (Å²) in [5.41, 5.74) is 18.3. The van der Waals surface area contributed by atoms with Gasteiger partial charge >= 0.3 is 0 Å². The Morgan fingerprint density at radius 2 is 0.828 bits per heavy atom. The van der Waals surface area contributed by atoms with Crippen molar-refractivity contribution >= 4 is 21.9 Å². The fourth-order valence-corrected chi connectivity index (χ4v) is 9.75. The maximum absolute atomic E-state index is 6.69. The fraction of sp³-hybridized carbons (Fsp3) is 0.0500. The molecule has 1 aliphatic carbocycles. The summed E-state index contributed by atoms with van der Waals surface area (Å²) in [6.07, 6.45) is 0. The summed E-state index contributed by atoms with van der Waals surface area (Å²) in [7, 11) is 0. The molecular weight excluding hydrogens is 779 g/mol. The van der Waals surface area contributed by atoms with Crippen LogP contribution in [-0.2, 0) is 5.41 Å². The highest BCUT2D eigenvalue weighted by atomic mass is 16.3. The van der Waals surface area contributed by atoms with Crippen molar-refractivity contribution < 1.29 is 4.42 Å². The van der Waals surface area contributed by atoms with Gasteiger partial charge in [-0.1, -0.05) is 184 Å². The maximum atomic E-state index is 6.69.